The molecule has 3 aromatic rings. The minimum atomic E-state index is 0.768. The van der Waals surface area contributed by atoms with Crippen LogP contribution in [-0.4, -0.2) is 25.5 Å². The van der Waals surface area contributed by atoms with E-state index in [1.807, 2.05) is 24.4 Å². The molecule has 0 atom stereocenters. The molecule has 0 aliphatic rings. The maximum atomic E-state index is 4.39. The number of benzene rings is 1. The average Bonchev–Trinajstić information content (AvgIpc) is 2.97. The van der Waals surface area contributed by atoms with Crippen molar-refractivity contribution in [2.45, 2.75) is 25.0 Å². The van der Waals surface area contributed by atoms with Crippen molar-refractivity contribution in [2.24, 2.45) is 0 Å². The Labute approximate surface area is 134 Å². The summed E-state index contributed by atoms with van der Waals surface area (Å²) < 4.78 is 2.17. The van der Waals surface area contributed by atoms with E-state index >= 15 is 0 Å². The van der Waals surface area contributed by atoms with Crippen molar-refractivity contribution in [3.63, 3.8) is 0 Å². The van der Waals surface area contributed by atoms with Crippen molar-refractivity contribution in [1.82, 2.24) is 19.7 Å². The van der Waals surface area contributed by atoms with Crippen LogP contribution in [0.1, 0.15) is 18.9 Å². The van der Waals surface area contributed by atoms with Crippen LogP contribution in [0.15, 0.2) is 60.0 Å². The van der Waals surface area contributed by atoms with Gasteiger partial charge in [0.15, 0.2) is 11.0 Å². The van der Waals surface area contributed by atoms with Gasteiger partial charge in [-0.05, 0) is 24.1 Å². The van der Waals surface area contributed by atoms with Gasteiger partial charge in [-0.1, -0.05) is 49.0 Å². The second-order valence-electron chi connectivity index (χ2n) is 4.97. The summed E-state index contributed by atoms with van der Waals surface area (Å²) in [5.74, 6) is 1.91. The van der Waals surface area contributed by atoms with Gasteiger partial charge in [-0.3, -0.25) is 9.55 Å². The van der Waals surface area contributed by atoms with E-state index in [0.717, 1.165) is 35.3 Å². The van der Waals surface area contributed by atoms with Crippen LogP contribution in [0.5, 0.6) is 0 Å². The van der Waals surface area contributed by atoms with Crippen LogP contribution in [0, 0.1) is 0 Å². The van der Waals surface area contributed by atoms with E-state index in [9.17, 15) is 0 Å². The zero-order valence-electron chi connectivity index (χ0n) is 12.5. The molecule has 0 bridgehead atoms. The first-order valence-electron chi connectivity index (χ1n) is 7.39. The Kier molecular flexibility index (Phi) is 4.85. The lowest BCUT2D eigenvalue weighted by molar-refractivity contribution is 0.714. The fourth-order valence-corrected chi connectivity index (χ4v) is 3.00. The second kappa shape index (κ2) is 7.22. The quantitative estimate of drug-likeness (QED) is 0.648. The van der Waals surface area contributed by atoms with Crippen LogP contribution in [-0.2, 0) is 6.54 Å². The number of rotatable bonds is 6. The summed E-state index contributed by atoms with van der Waals surface area (Å²) in [6.07, 6.45) is 4.72. The summed E-state index contributed by atoms with van der Waals surface area (Å²) in [7, 11) is 0. The molecule has 0 aliphatic carbocycles. The predicted molar refractivity (Wildman–Crippen MR) is 89.8 cm³/mol. The Bertz CT molecular complexity index is 710. The third kappa shape index (κ3) is 3.36. The highest BCUT2D eigenvalue weighted by molar-refractivity contribution is 7.99. The number of thioether (sulfide) groups is 1. The van der Waals surface area contributed by atoms with E-state index in [1.54, 1.807) is 18.0 Å². The first kappa shape index (κ1) is 14.8. The van der Waals surface area contributed by atoms with Gasteiger partial charge in [0.1, 0.15) is 0 Å². The highest BCUT2D eigenvalue weighted by atomic mass is 32.2. The van der Waals surface area contributed by atoms with Crippen LogP contribution in [0.25, 0.3) is 11.4 Å². The van der Waals surface area contributed by atoms with Crippen molar-refractivity contribution >= 4 is 11.8 Å². The van der Waals surface area contributed by atoms with Crippen molar-refractivity contribution in [2.75, 3.05) is 5.75 Å². The molecule has 22 heavy (non-hydrogen) atoms. The highest BCUT2D eigenvalue weighted by Gasteiger charge is 2.14. The third-order valence-corrected chi connectivity index (χ3v) is 4.43. The largest absolute Gasteiger partial charge is 0.298 e. The molecule has 2 aromatic heterocycles. The molecule has 0 fully saturated rings. The summed E-state index contributed by atoms with van der Waals surface area (Å²) in [6, 6.07) is 14.3. The van der Waals surface area contributed by atoms with Crippen molar-refractivity contribution in [3.05, 3.63) is 60.4 Å². The molecule has 0 radical (unpaired) electrons. The van der Waals surface area contributed by atoms with E-state index in [0.29, 0.717) is 0 Å². The summed E-state index contributed by atoms with van der Waals surface area (Å²) in [5.41, 5.74) is 2.24. The first-order valence-corrected chi connectivity index (χ1v) is 8.37. The molecule has 4 nitrogen and oxygen atoms in total. The van der Waals surface area contributed by atoms with E-state index in [-0.39, 0.29) is 0 Å². The number of hydrogen-bond donors (Lipinski definition) is 0. The molecule has 0 spiro atoms. The predicted octanol–water partition coefficient (Wildman–Crippen LogP) is 3.89. The number of hydrogen-bond acceptors (Lipinski definition) is 4. The van der Waals surface area contributed by atoms with Crippen LogP contribution < -0.4 is 0 Å². The Balaban J connectivity index is 1.98. The molecule has 1 aromatic carbocycles. The number of pyridine rings is 1. The number of nitrogens with zero attached hydrogens (tertiary/aromatic N) is 4. The minimum absolute atomic E-state index is 0.768. The fraction of sp³-hybridized carbons (Fsp3) is 0.235. The van der Waals surface area contributed by atoms with Crippen molar-refractivity contribution in [3.8, 4) is 11.4 Å². The van der Waals surface area contributed by atoms with Gasteiger partial charge in [0, 0.05) is 23.7 Å². The normalized spacial score (nSPS) is 10.8. The topological polar surface area (TPSA) is 43.6 Å². The minimum Gasteiger partial charge on any atom is -0.298 e. The zero-order chi connectivity index (χ0) is 15.2. The molecule has 0 unspecified atom stereocenters. The summed E-state index contributed by atoms with van der Waals surface area (Å²) in [6.45, 7) is 2.94. The van der Waals surface area contributed by atoms with E-state index in [2.05, 4.69) is 50.9 Å². The van der Waals surface area contributed by atoms with Gasteiger partial charge in [0.05, 0.1) is 6.54 Å². The maximum absolute atomic E-state index is 4.39. The monoisotopic (exact) mass is 310 g/mol. The molecule has 0 N–H and O–H groups in total. The van der Waals surface area contributed by atoms with Gasteiger partial charge in [-0.25, -0.2) is 0 Å². The molecule has 0 aliphatic heterocycles. The van der Waals surface area contributed by atoms with E-state index in [4.69, 9.17) is 0 Å². The molecule has 0 saturated carbocycles. The highest BCUT2D eigenvalue weighted by Crippen LogP contribution is 2.25. The van der Waals surface area contributed by atoms with Gasteiger partial charge >= 0.3 is 0 Å². The first-order chi connectivity index (χ1) is 10.9. The van der Waals surface area contributed by atoms with Gasteiger partial charge in [-0.2, -0.15) is 0 Å². The zero-order valence-corrected chi connectivity index (χ0v) is 13.3. The molecule has 5 heteroatoms. The van der Waals surface area contributed by atoms with E-state index in [1.165, 1.54) is 5.56 Å². The lowest BCUT2D eigenvalue weighted by Gasteiger charge is -2.10. The van der Waals surface area contributed by atoms with Crippen LogP contribution in [0.3, 0.4) is 0 Å². The smallest absolute Gasteiger partial charge is 0.191 e. The average molecular weight is 310 g/mol. The third-order valence-electron chi connectivity index (χ3n) is 3.26. The second-order valence-corrected chi connectivity index (χ2v) is 6.03. The van der Waals surface area contributed by atoms with Crippen molar-refractivity contribution in [1.29, 1.82) is 0 Å². The molecule has 2 heterocycles. The Hall–Kier alpha value is -2.14. The van der Waals surface area contributed by atoms with Gasteiger partial charge in [0.25, 0.3) is 0 Å². The molecule has 112 valence electrons. The summed E-state index contributed by atoms with van der Waals surface area (Å²) in [5, 5.41) is 9.72. The van der Waals surface area contributed by atoms with Crippen LogP contribution >= 0.6 is 11.8 Å². The molecular formula is C17H18N4S. The van der Waals surface area contributed by atoms with Crippen LogP contribution in [0.4, 0.5) is 0 Å². The van der Waals surface area contributed by atoms with Gasteiger partial charge in [-0.15, -0.1) is 10.2 Å². The van der Waals surface area contributed by atoms with Gasteiger partial charge < -0.3 is 0 Å². The summed E-state index contributed by atoms with van der Waals surface area (Å²) >= 11 is 1.75. The Morgan fingerprint density at radius 2 is 1.91 bits per heavy atom. The van der Waals surface area contributed by atoms with Gasteiger partial charge in [0.2, 0.25) is 0 Å². The van der Waals surface area contributed by atoms with Crippen LogP contribution in [0.2, 0.25) is 0 Å². The Morgan fingerprint density at radius 3 is 2.64 bits per heavy atom. The summed E-state index contributed by atoms with van der Waals surface area (Å²) in [4.78, 5) is 4.19. The van der Waals surface area contributed by atoms with Crippen molar-refractivity contribution < 1.29 is 0 Å². The molecule has 3 rings (SSSR count). The molecular weight excluding hydrogens is 292 g/mol. The lowest BCUT2D eigenvalue weighted by atomic mass is 10.2. The SMILES string of the molecule is CCCSc1nnc(-c2cccnc2)n1Cc1ccccc1. The fourth-order valence-electron chi connectivity index (χ4n) is 2.21. The lowest BCUT2D eigenvalue weighted by Crippen LogP contribution is -2.04. The number of aromatic nitrogens is 4. The standard InChI is InChI=1S/C17H18N4S/c1-2-11-22-17-20-19-16(15-9-6-10-18-12-15)21(17)13-14-7-4-3-5-8-14/h3-10,12H,2,11,13H2,1H3. The maximum Gasteiger partial charge on any atom is 0.191 e. The van der Waals surface area contributed by atoms with E-state index < -0.39 is 0 Å². The molecule has 0 saturated heterocycles. The Morgan fingerprint density at radius 1 is 1.05 bits per heavy atom. The molecule has 0 amide bonds.